The van der Waals surface area contributed by atoms with Gasteiger partial charge in [-0.25, -0.2) is 0 Å². The highest BCUT2D eigenvalue weighted by molar-refractivity contribution is 6.21. The van der Waals surface area contributed by atoms with Crippen LogP contribution in [0.5, 0.6) is 5.75 Å². The second-order valence-electron chi connectivity index (χ2n) is 3.09. The summed E-state index contributed by atoms with van der Waals surface area (Å²) in [5.41, 5.74) is 0.572. The number of benzene rings is 1. The Hall–Kier alpha value is -1.88. The molecule has 1 aromatic rings. The van der Waals surface area contributed by atoms with Gasteiger partial charge in [0, 0.05) is 0 Å². The van der Waals surface area contributed by atoms with Crippen LogP contribution in [0.25, 0.3) is 0 Å². The lowest BCUT2D eigenvalue weighted by atomic mass is 10.1. The van der Waals surface area contributed by atoms with Crippen molar-refractivity contribution in [2.45, 2.75) is 0 Å². The number of aliphatic hydroxyl groups excluding tert-OH is 1. The lowest BCUT2D eigenvalue weighted by Crippen LogP contribution is -2.30. The minimum Gasteiger partial charge on any atom is -0.497 e. The minimum absolute atomic E-state index is 0.272. The van der Waals surface area contributed by atoms with Crippen LogP contribution in [0.1, 0.15) is 20.7 Å². The predicted octanol–water partition coefficient (Wildman–Crippen LogP) is 0.241. The molecule has 0 saturated heterocycles. The summed E-state index contributed by atoms with van der Waals surface area (Å²) in [6.07, 6.45) is 0. The molecule has 0 aromatic heterocycles. The molecular formula is C10H9NO4. The van der Waals surface area contributed by atoms with Crippen molar-refractivity contribution >= 4 is 11.8 Å². The van der Waals surface area contributed by atoms with E-state index in [2.05, 4.69) is 0 Å². The van der Waals surface area contributed by atoms with Crippen molar-refractivity contribution in [1.29, 1.82) is 0 Å². The van der Waals surface area contributed by atoms with Gasteiger partial charge in [0.05, 0.1) is 18.2 Å². The van der Waals surface area contributed by atoms with Gasteiger partial charge in [-0.15, -0.1) is 0 Å². The Morgan fingerprint density at radius 1 is 1.27 bits per heavy atom. The molecule has 1 N–H and O–H groups in total. The maximum atomic E-state index is 11.6. The van der Waals surface area contributed by atoms with E-state index >= 15 is 0 Å². The largest absolute Gasteiger partial charge is 0.497 e. The fourth-order valence-corrected chi connectivity index (χ4v) is 1.53. The molecule has 0 spiro atoms. The summed E-state index contributed by atoms with van der Waals surface area (Å²) >= 11 is 0. The third kappa shape index (κ3) is 1.28. The number of ether oxygens (including phenoxy) is 1. The van der Waals surface area contributed by atoms with Crippen LogP contribution in [0.3, 0.4) is 0 Å². The van der Waals surface area contributed by atoms with Crippen LogP contribution < -0.4 is 4.74 Å². The molecule has 1 heterocycles. The number of amides is 2. The first-order chi connectivity index (χ1) is 7.19. The smallest absolute Gasteiger partial charge is 0.263 e. The molecule has 0 fully saturated rings. The van der Waals surface area contributed by atoms with Gasteiger partial charge < -0.3 is 9.84 Å². The van der Waals surface area contributed by atoms with E-state index in [0.29, 0.717) is 11.3 Å². The molecule has 0 bridgehead atoms. The summed E-state index contributed by atoms with van der Waals surface area (Å²) in [4.78, 5) is 23.9. The van der Waals surface area contributed by atoms with Crippen LogP contribution in [-0.2, 0) is 0 Å². The van der Waals surface area contributed by atoms with Crippen LogP contribution >= 0.6 is 0 Å². The molecule has 0 aliphatic carbocycles. The lowest BCUT2D eigenvalue weighted by Gasteiger charge is -2.07. The van der Waals surface area contributed by atoms with Crippen molar-refractivity contribution in [2.75, 3.05) is 13.8 Å². The van der Waals surface area contributed by atoms with Gasteiger partial charge >= 0.3 is 0 Å². The second-order valence-corrected chi connectivity index (χ2v) is 3.09. The molecule has 1 aromatic carbocycles. The maximum absolute atomic E-state index is 11.6. The van der Waals surface area contributed by atoms with E-state index in [0.717, 1.165) is 4.90 Å². The topological polar surface area (TPSA) is 66.8 Å². The summed E-state index contributed by atoms with van der Waals surface area (Å²) in [5.74, 6) is -0.453. The molecule has 1 aliphatic heterocycles. The molecule has 1 aliphatic rings. The van der Waals surface area contributed by atoms with Gasteiger partial charge in [-0.2, -0.15) is 0 Å². The predicted molar refractivity (Wildman–Crippen MR) is 50.6 cm³/mol. The van der Waals surface area contributed by atoms with Crippen LogP contribution in [0.15, 0.2) is 18.2 Å². The average molecular weight is 207 g/mol. The van der Waals surface area contributed by atoms with E-state index in [9.17, 15) is 9.59 Å². The SMILES string of the molecule is COc1ccc2c(c1)C(=O)N(CO)C2=O. The summed E-state index contributed by atoms with van der Waals surface area (Å²) in [6, 6.07) is 4.61. The van der Waals surface area contributed by atoms with Crippen molar-refractivity contribution in [3.05, 3.63) is 29.3 Å². The number of fused-ring (bicyclic) bond motifs is 1. The Labute approximate surface area is 85.9 Å². The van der Waals surface area contributed by atoms with Gasteiger partial charge in [0.1, 0.15) is 12.5 Å². The third-order valence-electron chi connectivity index (χ3n) is 2.32. The first kappa shape index (κ1) is 9.67. The van der Waals surface area contributed by atoms with Crippen LogP contribution in [0.4, 0.5) is 0 Å². The van der Waals surface area contributed by atoms with Crippen LogP contribution in [0, 0.1) is 0 Å². The van der Waals surface area contributed by atoms with Crippen molar-refractivity contribution in [3.63, 3.8) is 0 Å². The van der Waals surface area contributed by atoms with Gasteiger partial charge in [-0.3, -0.25) is 14.5 Å². The number of carbonyl (C=O) groups is 2. The van der Waals surface area contributed by atoms with E-state index in [-0.39, 0.29) is 5.56 Å². The molecule has 0 atom stereocenters. The number of carbonyl (C=O) groups excluding carboxylic acids is 2. The third-order valence-corrected chi connectivity index (χ3v) is 2.32. The molecule has 5 nitrogen and oxygen atoms in total. The van der Waals surface area contributed by atoms with Gasteiger partial charge in [0.15, 0.2) is 0 Å². The summed E-state index contributed by atoms with van der Waals surface area (Å²) < 4.78 is 4.95. The Morgan fingerprint density at radius 3 is 2.53 bits per heavy atom. The second kappa shape index (κ2) is 3.36. The van der Waals surface area contributed by atoms with Crippen molar-refractivity contribution in [1.82, 2.24) is 4.90 Å². The number of rotatable bonds is 2. The van der Waals surface area contributed by atoms with Crippen molar-refractivity contribution in [2.24, 2.45) is 0 Å². The van der Waals surface area contributed by atoms with E-state index in [1.165, 1.54) is 19.2 Å². The fourth-order valence-electron chi connectivity index (χ4n) is 1.53. The van der Waals surface area contributed by atoms with Crippen molar-refractivity contribution in [3.8, 4) is 5.75 Å². The number of methoxy groups -OCH3 is 1. The summed E-state index contributed by atoms with van der Waals surface area (Å²) in [6.45, 7) is -0.603. The zero-order valence-electron chi connectivity index (χ0n) is 8.06. The summed E-state index contributed by atoms with van der Waals surface area (Å²) in [5, 5.41) is 8.86. The lowest BCUT2D eigenvalue weighted by molar-refractivity contribution is 0.0490. The van der Waals surface area contributed by atoms with Crippen LogP contribution in [-0.4, -0.2) is 35.7 Å². The summed E-state index contributed by atoms with van der Waals surface area (Å²) in [7, 11) is 1.48. The Kier molecular flexibility index (Phi) is 2.17. The van der Waals surface area contributed by atoms with E-state index < -0.39 is 18.5 Å². The van der Waals surface area contributed by atoms with Gasteiger partial charge in [0.25, 0.3) is 11.8 Å². The van der Waals surface area contributed by atoms with Crippen molar-refractivity contribution < 1.29 is 19.4 Å². The van der Waals surface area contributed by atoms with E-state index in [4.69, 9.17) is 9.84 Å². The number of hydrogen-bond donors (Lipinski definition) is 1. The molecule has 2 rings (SSSR count). The molecule has 78 valence electrons. The van der Waals surface area contributed by atoms with Crippen LogP contribution in [0.2, 0.25) is 0 Å². The Morgan fingerprint density at radius 2 is 1.93 bits per heavy atom. The molecule has 2 amide bonds. The van der Waals surface area contributed by atoms with Gasteiger partial charge in [0.2, 0.25) is 0 Å². The van der Waals surface area contributed by atoms with Gasteiger partial charge in [-0.05, 0) is 18.2 Å². The number of hydrogen-bond acceptors (Lipinski definition) is 4. The number of nitrogens with zero attached hydrogens (tertiary/aromatic N) is 1. The highest BCUT2D eigenvalue weighted by atomic mass is 16.5. The molecule has 0 unspecified atom stereocenters. The first-order valence-electron chi connectivity index (χ1n) is 4.34. The highest BCUT2D eigenvalue weighted by Gasteiger charge is 2.35. The fraction of sp³-hybridized carbons (Fsp3) is 0.200. The van der Waals surface area contributed by atoms with E-state index in [1.807, 2.05) is 0 Å². The Balaban J connectivity index is 2.53. The molecule has 15 heavy (non-hydrogen) atoms. The molecular weight excluding hydrogens is 198 g/mol. The zero-order chi connectivity index (χ0) is 11.0. The maximum Gasteiger partial charge on any atom is 0.263 e. The molecule has 0 radical (unpaired) electrons. The first-order valence-corrected chi connectivity index (χ1v) is 4.34. The standard InChI is InChI=1S/C10H9NO4/c1-15-6-2-3-7-8(4-6)10(14)11(5-12)9(7)13/h2-4,12H,5H2,1H3. The normalized spacial score (nSPS) is 14.4. The monoisotopic (exact) mass is 207 g/mol. The highest BCUT2D eigenvalue weighted by Crippen LogP contribution is 2.26. The molecule has 0 saturated carbocycles. The average Bonchev–Trinajstić information content (AvgIpc) is 2.51. The quantitative estimate of drug-likeness (QED) is 0.705. The number of aliphatic hydroxyl groups is 1. The minimum atomic E-state index is -0.603. The Bertz CT molecular complexity index is 441. The number of imide groups is 1. The van der Waals surface area contributed by atoms with E-state index in [1.54, 1.807) is 6.07 Å². The zero-order valence-corrected chi connectivity index (χ0v) is 8.06. The van der Waals surface area contributed by atoms with Gasteiger partial charge in [-0.1, -0.05) is 0 Å². The molecule has 5 heteroatoms.